The first-order valence-electron chi connectivity index (χ1n) is 8.23. The monoisotopic (exact) mass is 348 g/mol. The van der Waals surface area contributed by atoms with Crippen LogP contribution in [0.15, 0.2) is 41.5 Å². The molecule has 1 aromatic carbocycles. The van der Waals surface area contributed by atoms with Crippen molar-refractivity contribution in [2.45, 2.75) is 33.6 Å². The Bertz CT molecular complexity index is 613. The van der Waals surface area contributed by atoms with Gasteiger partial charge in [0, 0.05) is 7.11 Å². The van der Waals surface area contributed by atoms with Crippen molar-refractivity contribution < 1.29 is 23.7 Å². The maximum atomic E-state index is 11.9. The van der Waals surface area contributed by atoms with Gasteiger partial charge in [-0.05, 0) is 57.9 Å². The maximum absolute atomic E-state index is 11.9. The summed E-state index contributed by atoms with van der Waals surface area (Å²) in [6, 6.07) is 4.93. The fourth-order valence-electron chi connectivity index (χ4n) is 2.08. The molecule has 0 aliphatic carbocycles. The molecule has 0 saturated carbocycles. The molecule has 25 heavy (non-hydrogen) atoms. The van der Waals surface area contributed by atoms with Crippen LogP contribution in [0.1, 0.15) is 44.0 Å². The second-order valence-electron chi connectivity index (χ2n) is 5.89. The molecule has 0 amide bonds. The number of hydrogen-bond acceptors (Lipinski definition) is 5. The Morgan fingerprint density at radius 1 is 1.08 bits per heavy atom. The Morgan fingerprint density at radius 3 is 2.48 bits per heavy atom. The average Bonchev–Trinajstić information content (AvgIpc) is 2.59. The van der Waals surface area contributed by atoms with Gasteiger partial charge in [-0.3, -0.25) is 0 Å². The third-order valence-electron chi connectivity index (χ3n) is 3.47. The lowest BCUT2D eigenvalue weighted by Gasteiger charge is -2.11. The van der Waals surface area contributed by atoms with Gasteiger partial charge in [-0.25, -0.2) is 4.79 Å². The molecular weight excluding hydrogens is 320 g/mol. The SMILES string of the molecule is COCOC(=O)c1ccc(OC)c(OCC=C(C)CCC=C(C)C)c1. The third-order valence-corrected chi connectivity index (χ3v) is 3.47. The summed E-state index contributed by atoms with van der Waals surface area (Å²) >= 11 is 0. The predicted molar refractivity (Wildman–Crippen MR) is 98.2 cm³/mol. The van der Waals surface area contributed by atoms with E-state index in [0.29, 0.717) is 23.7 Å². The number of esters is 1. The van der Waals surface area contributed by atoms with E-state index in [1.54, 1.807) is 25.3 Å². The van der Waals surface area contributed by atoms with E-state index in [0.717, 1.165) is 12.8 Å². The number of hydrogen-bond donors (Lipinski definition) is 0. The minimum Gasteiger partial charge on any atom is -0.493 e. The van der Waals surface area contributed by atoms with E-state index < -0.39 is 5.97 Å². The van der Waals surface area contributed by atoms with E-state index in [2.05, 4.69) is 26.8 Å². The van der Waals surface area contributed by atoms with E-state index in [-0.39, 0.29) is 6.79 Å². The molecule has 0 fully saturated rings. The van der Waals surface area contributed by atoms with Crippen LogP contribution in [0, 0.1) is 0 Å². The highest BCUT2D eigenvalue weighted by Gasteiger charge is 2.12. The summed E-state index contributed by atoms with van der Waals surface area (Å²) in [6.45, 7) is 6.60. The smallest absolute Gasteiger partial charge is 0.340 e. The minimum absolute atomic E-state index is 0.0886. The minimum atomic E-state index is -0.470. The van der Waals surface area contributed by atoms with Gasteiger partial charge in [0.1, 0.15) is 6.61 Å². The largest absolute Gasteiger partial charge is 0.493 e. The summed E-state index contributed by atoms with van der Waals surface area (Å²) < 4.78 is 20.7. The normalized spacial score (nSPS) is 11.0. The number of carbonyl (C=O) groups excluding carboxylic acids is 1. The fraction of sp³-hybridized carbons (Fsp3) is 0.450. The molecule has 0 saturated heterocycles. The lowest BCUT2D eigenvalue weighted by molar-refractivity contribution is -0.0125. The summed E-state index contributed by atoms with van der Waals surface area (Å²) in [6.07, 6.45) is 6.27. The lowest BCUT2D eigenvalue weighted by atomic mass is 10.1. The van der Waals surface area contributed by atoms with Crippen LogP contribution >= 0.6 is 0 Å². The highest BCUT2D eigenvalue weighted by Crippen LogP contribution is 2.28. The van der Waals surface area contributed by atoms with Crippen molar-refractivity contribution in [3.63, 3.8) is 0 Å². The van der Waals surface area contributed by atoms with Gasteiger partial charge in [-0.2, -0.15) is 0 Å². The Kier molecular flexibility index (Phi) is 9.40. The van der Waals surface area contributed by atoms with Crippen molar-refractivity contribution in [2.75, 3.05) is 27.6 Å². The zero-order valence-electron chi connectivity index (χ0n) is 15.8. The molecule has 0 spiro atoms. The molecule has 0 atom stereocenters. The molecule has 138 valence electrons. The third kappa shape index (κ3) is 7.90. The lowest BCUT2D eigenvalue weighted by Crippen LogP contribution is -2.08. The molecule has 1 aromatic rings. The van der Waals surface area contributed by atoms with Crippen molar-refractivity contribution in [3.8, 4) is 11.5 Å². The van der Waals surface area contributed by atoms with Gasteiger partial charge < -0.3 is 18.9 Å². The van der Waals surface area contributed by atoms with Crippen LogP contribution in [0.25, 0.3) is 0 Å². The van der Waals surface area contributed by atoms with Gasteiger partial charge in [0.05, 0.1) is 12.7 Å². The van der Waals surface area contributed by atoms with Crippen LogP contribution in [0.2, 0.25) is 0 Å². The molecular formula is C20H28O5. The van der Waals surface area contributed by atoms with Crippen LogP contribution in [0.4, 0.5) is 0 Å². The second kappa shape index (κ2) is 11.3. The number of rotatable bonds is 10. The highest BCUT2D eigenvalue weighted by atomic mass is 16.7. The Hall–Kier alpha value is -2.27. The van der Waals surface area contributed by atoms with Gasteiger partial charge in [-0.1, -0.05) is 17.2 Å². The molecule has 5 nitrogen and oxygen atoms in total. The highest BCUT2D eigenvalue weighted by molar-refractivity contribution is 5.90. The Balaban J connectivity index is 2.69. The summed E-state index contributed by atoms with van der Waals surface area (Å²) in [4.78, 5) is 11.9. The van der Waals surface area contributed by atoms with Crippen LogP contribution in [0.5, 0.6) is 11.5 Å². The molecule has 5 heteroatoms. The predicted octanol–water partition coefficient (Wildman–Crippen LogP) is 4.53. The van der Waals surface area contributed by atoms with Crippen LogP contribution in [0.3, 0.4) is 0 Å². The molecule has 0 N–H and O–H groups in total. The quantitative estimate of drug-likeness (QED) is 0.353. The topological polar surface area (TPSA) is 54.0 Å². The Labute approximate surface area is 150 Å². The molecule has 0 aliphatic heterocycles. The van der Waals surface area contributed by atoms with Crippen molar-refractivity contribution in [3.05, 3.63) is 47.1 Å². The summed E-state index contributed by atoms with van der Waals surface area (Å²) in [7, 11) is 3.02. The van der Waals surface area contributed by atoms with Gasteiger partial charge in [0.2, 0.25) is 0 Å². The Morgan fingerprint density at radius 2 is 1.84 bits per heavy atom. The number of methoxy groups -OCH3 is 2. The van der Waals surface area contributed by atoms with Gasteiger partial charge >= 0.3 is 5.97 Å². The van der Waals surface area contributed by atoms with E-state index >= 15 is 0 Å². The van der Waals surface area contributed by atoms with Crippen molar-refractivity contribution in [1.29, 1.82) is 0 Å². The first-order chi connectivity index (χ1) is 12.0. The zero-order valence-corrected chi connectivity index (χ0v) is 15.8. The maximum Gasteiger partial charge on any atom is 0.340 e. The van der Waals surface area contributed by atoms with E-state index in [1.807, 2.05) is 6.08 Å². The molecule has 0 aromatic heterocycles. The fourth-order valence-corrected chi connectivity index (χ4v) is 2.08. The van der Waals surface area contributed by atoms with Gasteiger partial charge in [0.25, 0.3) is 0 Å². The van der Waals surface area contributed by atoms with Crippen molar-refractivity contribution in [2.24, 2.45) is 0 Å². The van der Waals surface area contributed by atoms with Gasteiger partial charge in [0.15, 0.2) is 18.3 Å². The first-order valence-corrected chi connectivity index (χ1v) is 8.23. The van der Waals surface area contributed by atoms with Crippen LogP contribution in [-0.2, 0) is 9.47 Å². The summed E-state index contributed by atoms with van der Waals surface area (Å²) in [5.74, 6) is 0.601. The number of carbonyl (C=O) groups is 1. The van der Waals surface area contributed by atoms with Crippen molar-refractivity contribution >= 4 is 5.97 Å². The molecule has 0 bridgehead atoms. The van der Waals surface area contributed by atoms with Crippen LogP contribution in [-0.4, -0.2) is 33.6 Å². The molecule has 0 heterocycles. The van der Waals surface area contributed by atoms with E-state index in [1.165, 1.54) is 18.3 Å². The molecule has 0 radical (unpaired) electrons. The number of ether oxygens (including phenoxy) is 4. The van der Waals surface area contributed by atoms with E-state index in [9.17, 15) is 4.79 Å². The number of benzene rings is 1. The van der Waals surface area contributed by atoms with Crippen LogP contribution < -0.4 is 9.47 Å². The summed E-state index contributed by atoms with van der Waals surface area (Å²) in [5, 5.41) is 0. The number of allylic oxidation sites excluding steroid dienone is 3. The second-order valence-corrected chi connectivity index (χ2v) is 5.89. The molecule has 0 unspecified atom stereocenters. The molecule has 1 rings (SSSR count). The zero-order chi connectivity index (χ0) is 18.7. The van der Waals surface area contributed by atoms with Crippen molar-refractivity contribution in [1.82, 2.24) is 0 Å². The summed E-state index contributed by atoms with van der Waals surface area (Å²) in [5.41, 5.74) is 2.97. The van der Waals surface area contributed by atoms with Gasteiger partial charge in [-0.15, -0.1) is 0 Å². The standard InChI is InChI=1S/C20H28O5/c1-15(2)7-6-8-16(3)11-12-24-19-13-17(9-10-18(19)23-5)20(21)25-14-22-4/h7,9-11,13H,6,8,12,14H2,1-5H3. The molecule has 0 aliphatic rings. The average molecular weight is 348 g/mol. The first kappa shape index (κ1) is 20.8. The van der Waals surface area contributed by atoms with E-state index in [4.69, 9.17) is 18.9 Å².